The Kier molecular flexibility index (Phi) is 5.39. The zero-order valence-corrected chi connectivity index (χ0v) is 15.4. The van der Waals surface area contributed by atoms with Crippen LogP contribution in [0.1, 0.15) is 30.5 Å². The van der Waals surface area contributed by atoms with E-state index in [-0.39, 0.29) is 40.2 Å². The highest BCUT2D eigenvalue weighted by Gasteiger charge is 2.28. The number of non-ortho nitro benzene ring substituents is 1. The van der Waals surface area contributed by atoms with Crippen molar-refractivity contribution < 1.29 is 19.6 Å². The van der Waals surface area contributed by atoms with Crippen molar-refractivity contribution in [2.45, 2.75) is 19.4 Å². The van der Waals surface area contributed by atoms with Crippen molar-refractivity contribution in [3.63, 3.8) is 0 Å². The maximum atomic E-state index is 12.2. The number of nitro groups is 1. The Balaban J connectivity index is 2.31. The van der Waals surface area contributed by atoms with Crippen LogP contribution in [0.4, 0.5) is 5.69 Å². The monoisotopic (exact) mass is 381 g/mol. The van der Waals surface area contributed by atoms with Gasteiger partial charge in [0, 0.05) is 29.8 Å². The number of amides is 1. The van der Waals surface area contributed by atoms with Crippen LogP contribution in [0.2, 0.25) is 0 Å². The van der Waals surface area contributed by atoms with E-state index in [9.17, 15) is 20.0 Å². The molecule has 2 aromatic carbocycles. The van der Waals surface area contributed by atoms with Crippen LogP contribution < -0.4 is 10.1 Å². The Hall–Kier alpha value is -3.68. The summed E-state index contributed by atoms with van der Waals surface area (Å²) in [6.45, 7) is 1.69. The lowest BCUT2D eigenvalue weighted by Gasteiger charge is -2.23. The van der Waals surface area contributed by atoms with Crippen molar-refractivity contribution in [1.29, 1.82) is 0 Å². The molecule has 1 heterocycles. The van der Waals surface area contributed by atoms with Crippen molar-refractivity contribution >= 4 is 22.5 Å². The summed E-state index contributed by atoms with van der Waals surface area (Å²) in [5.41, 5.74) is 0.620. The Morgan fingerprint density at radius 2 is 2.04 bits per heavy atom. The number of aromatic hydroxyl groups is 1. The van der Waals surface area contributed by atoms with Gasteiger partial charge in [-0.2, -0.15) is 0 Å². The highest BCUT2D eigenvalue weighted by atomic mass is 16.6. The average molecular weight is 381 g/mol. The highest BCUT2D eigenvalue weighted by molar-refractivity contribution is 5.94. The van der Waals surface area contributed by atoms with Crippen molar-refractivity contribution in [3.05, 3.63) is 69.9 Å². The number of pyridine rings is 1. The SMILES string of the molecule is CCC(=O)N[C@@H](c1ccccc1OC)c1cc([N+](=O)[O-])c2cccnc2c1O. The maximum absolute atomic E-state index is 12.2. The van der Waals surface area contributed by atoms with Crippen molar-refractivity contribution in [2.24, 2.45) is 0 Å². The van der Waals surface area contributed by atoms with Crippen molar-refractivity contribution in [2.75, 3.05) is 7.11 Å². The molecule has 0 aliphatic heterocycles. The highest BCUT2D eigenvalue weighted by Crippen LogP contribution is 2.41. The van der Waals surface area contributed by atoms with Gasteiger partial charge in [0.1, 0.15) is 17.0 Å². The topological polar surface area (TPSA) is 115 Å². The Bertz CT molecular complexity index is 1050. The lowest BCUT2D eigenvalue weighted by Crippen LogP contribution is -2.29. The van der Waals surface area contributed by atoms with Gasteiger partial charge in [-0.3, -0.25) is 19.9 Å². The molecule has 144 valence electrons. The lowest BCUT2D eigenvalue weighted by molar-refractivity contribution is -0.383. The number of aromatic nitrogens is 1. The van der Waals surface area contributed by atoms with Crippen molar-refractivity contribution in [1.82, 2.24) is 10.3 Å². The number of carbonyl (C=O) groups excluding carboxylic acids is 1. The zero-order valence-electron chi connectivity index (χ0n) is 15.4. The second-order valence-electron chi connectivity index (χ2n) is 6.09. The summed E-state index contributed by atoms with van der Waals surface area (Å²) in [4.78, 5) is 27.4. The number of ether oxygens (including phenoxy) is 1. The molecular formula is C20H19N3O5. The van der Waals surface area contributed by atoms with Crippen LogP contribution >= 0.6 is 0 Å². The number of nitrogens with one attached hydrogen (secondary N) is 1. The number of phenols is 1. The molecule has 0 radical (unpaired) electrons. The van der Waals surface area contributed by atoms with Gasteiger partial charge in [-0.25, -0.2) is 0 Å². The molecule has 0 unspecified atom stereocenters. The Morgan fingerprint density at radius 3 is 2.71 bits per heavy atom. The van der Waals surface area contributed by atoms with Crippen LogP contribution in [0.5, 0.6) is 11.5 Å². The third-order valence-electron chi connectivity index (χ3n) is 4.46. The van der Waals surface area contributed by atoms with Gasteiger partial charge in [0.2, 0.25) is 5.91 Å². The summed E-state index contributed by atoms with van der Waals surface area (Å²) < 4.78 is 5.39. The molecule has 0 aliphatic carbocycles. The number of nitro benzene ring substituents is 1. The van der Waals surface area contributed by atoms with E-state index in [1.165, 1.54) is 25.4 Å². The van der Waals surface area contributed by atoms with E-state index in [0.29, 0.717) is 11.3 Å². The second-order valence-corrected chi connectivity index (χ2v) is 6.09. The fourth-order valence-electron chi connectivity index (χ4n) is 3.09. The summed E-state index contributed by atoms with van der Waals surface area (Å²) in [6, 6.07) is 10.5. The Labute approximate surface area is 160 Å². The maximum Gasteiger partial charge on any atom is 0.279 e. The van der Waals surface area contributed by atoms with Gasteiger partial charge in [-0.05, 0) is 18.2 Å². The first-order chi connectivity index (χ1) is 13.5. The van der Waals surface area contributed by atoms with E-state index in [1.807, 2.05) is 0 Å². The van der Waals surface area contributed by atoms with E-state index >= 15 is 0 Å². The van der Waals surface area contributed by atoms with Crippen LogP contribution in [0.3, 0.4) is 0 Å². The van der Waals surface area contributed by atoms with Crippen LogP contribution in [-0.2, 0) is 4.79 Å². The summed E-state index contributed by atoms with van der Waals surface area (Å²) in [5, 5.41) is 25.5. The van der Waals surface area contributed by atoms with Crippen LogP contribution in [-0.4, -0.2) is 28.0 Å². The first-order valence-electron chi connectivity index (χ1n) is 8.65. The molecule has 3 aromatic rings. The molecule has 2 N–H and O–H groups in total. The first kappa shape index (κ1) is 19.1. The van der Waals surface area contributed by atoms with Crippen molar-refractivity contribution in [3.8, 4) is 11.5 Å². The predicted octanol–water partition coefficient (Wildman–Crippen LogP) is 3.47. The zero-order chi connectivity index (χ0) is 20.3. The summed E-state index contributed by atoms with van der Waals surface area (Å²) in [6.07, 6.45) is 1.65. The first-order valence-corrected chi connectivity index (χ1v) is 8.65. The number of phenolic OH excluding ortho intramolecular Hbond substituents is 1. The Morgan fingerprint density at radius 1 is 1.29 bits per heavy atom. The molecule has 28 heavy (non-hydrogen) atoms. The number of carbonyl (C=O) groups is 1. The number of para-hydroxylation sites is 1. The van der Waals surface area contributed by atoms with Gasteiger partial charge < -0.3 is 15.2 Å². The summed E-state index contributed by atoms with van der Waals surface area (Å²) >= 11 is 0. The molecule has 8 heteroatoms. The van der Waals surface area contributed by atoms with E-state index in [4.69, 9.17) is 4.74 Å². The van der Waals surface area contributed by atoms with Crippen LogP contribution in [0.25, 0.3) is 10.9 Å². The molecule has 8 nitrogen and oxygen atoms in total. The minimum atomic E-state index is -0.853. The van der Waals surface area contributed by atoms with E-state index < -0.39 is 11.0 Å². The van der Waals surface area contributed by atoms with E-state index in [1.54, 1.807) is 37.3 Å². The smallest absolute Gasteiger partial charge is 0.279 e. The number of rotatable bonds is 6. The number of nitrogens with zero attached hydrogens (tertiary/aromatic N) is 2. The quantitative estimate of drug-likeness (QED) is 0.499. The fourth-order valence-corrected chi connectivity index (χ4v) is 3.09. The number of hydrogen-bond acceptors (Lipinski definition) is 6. The molecule has 0 fully saturated rings. The minimum Gasteiger partial charge on any atom is -0.505 e. The van der Waals surface area contributed by atoms with Crippen LogP contribution in [0, 0.1) is 10.1 Å². The number of methoxy groups -OCH3 is 1. The molecule has 0 spiro atoms. The number of fused-ring (bicyclic) bond motifs is 1. The average Bonchev–Trinajstić information content (AvgIpc) is 2.72. The molecule has 0 saturated carbocycles. The van der Waals surface area contributed by atoms with E-state index in [2.05, 4.69) is 10.3 Å². The molecule has 0 saturated heterocycles. The largest absolute Gasteiger partial charge is 0.505 e. The van der Waals surface area contributed by atoms with Gasteiger partial charge in [-0.1, -0.05) is 25.1 Å². The van der Waals surface area contributed by atoms with E-state index in [0.717, 1.165) is 0 Å². The third-order valence-corrected chi connectivity index (χ3v) is 4.46. The second kappa shape index (κ2) is 7.91. The van der Waals surface area contributed by atoms with Gasteiger partial charge in [0.15, 0.2) is 0 Å². The van der Waals surface area contributed by atoms with Gasteiger partial charge in [-0.15, -0.1) is 0 Å². The number of benzene rings is 2. The van der Waals surface area contributed by atoms with Gasteiger partial charge >= 0.3 is 0 Å². The number of hydrogen-bond donors (Lipinski definition) is 2. The molecule has 1 aromatic heterocycles. The molecule has 0 bridgehead atoms. The third kappa shape index (κ3) is 3.44. The molecule has 1 amide bonds. The molecular weight excluding hydrogens is 362 g/mol. The normalized spacial score (nSPS) is 11.8. The van der Waals surface area contributed by atoms with Gasteiger partial charge in [0.05, 0.1) is 23.5 Å². The minimum absolute atomic E-state index is 0.0948. The lowest BCUT2D eigenvalue weighted by atomic mass is 9.94. The summed E-state index contributed by atoms with van der Waals surface area (Å²) in [7, 11) is 1.49. The fraction of sp³-hybridized carbons (Fsp3) is 0.200. The van der Waals surface area contributed by atoms with Gasteiger partial charge in [0.25, 0.3) is 5.69 Å². The molecule has 3 rings (SSSR count). The molecule has 0 aliphatic rings. The van der Waals surface area contributed by atoms with Crippen LogP contribution in [0.15, 0.2) is 48.7 Å². The standard InChI is InChI=1S/C20H19N3O5/c1-3-17(24)22-18(13-7-4-5-9-16(13)28-2)14-11-15(23(26)27)12-8-6-10-21-19(12)20(14)25/h4-11,18,25H,3H2,1-2H3,(H,22,24)/t18-/m0/s1. The summed E-state index contributed by atoms with van der Waals surface area (Å²) in [5.74, 6) is -0.0281. The predicted molar refractivity (Wildman–Crippen MR) is 103 cm³/mol. The molecule has 1 atom stereocenters.